The lowest BCUT2D eigenvalue weighted by Gasteiger charge is -2.61. The van der Waals surface area contributed by atoms with Gasteiger partial charge in [0.15, 0.2) is 0 Å². The number of unbranched alkanes of at least 4 members (excludes halogenated alkanes) is 11. The fourth-order valence-corrected chi connectivity index (χ4v) is 12.0. The first-order valence-corrected chi connectivity index (χ1v) is 21.9. The van der Waals surface area contributed by atoms with Crippen LogP contribution in [0.1, 0.15) is 209 Å². The van der Waals surface area contributed by atoms with Crippen molar-refractivity contribution in [3.8, 4) is 0 Å². The molecule has 4 saturated carbocycles. The molecule has 0 aliphatic heterocycles. The summed E-state index contributed by atoms with van der Waals surface area (Å²) in [5, 5.41) is 3.51. The van der Waals surface area contributed by atoms with E-state index < -0.39 is 0 Å². The molecule has 0 bridgehead atoms. The number of allylic oxidation sites excluding steroid dienone is 2. The Kier molecular flexibility index (Phi) is 15.8. The molecule has 3 nitrogen and oxygen atoms in total. The highest BCUT2D eigenvalue weighted by Gasteiger charge is 2.60. The molecular formula is C46H81NO2. The molecule has 4 fully saturated rings. The van der Waals surface area contributed by atoms with E-state index in [2.05, 4.69) is 65.9 Å². The number of fused-ring (bicyclic) bond motifs is 5. The van der Waals surface area contributed by atoms with Crippen LogP contribution in [0, 0.1) is 51.8 Å². The molecule has 1 N–H and O–H groups in total. The normalized spacial score (nSPS) is 33.5. The molecule has 0 aromatic rings. The Morgan fingerprint density at radius 1 is 0.735 bits per heavy atom. The number of hydrogen-bond acceptors (Lipinski definition) is 2. The highest BCUT2D eigenvalue weighted by molar-refractivity contribution is 5.83. The number of Topliss-reactive ketones (excluding diaryl/α,β-unsaturated/α-hetero) is 1. The smallest absolute Gasteiger partial charge is 0.220 e. The van der Waals surface area contributed by atoms with Crippen LogP contribution < -0.4 is 5.32 Å². The summed E-state index contributed by atoms with van der Waals surface area (Å²) in [6.07, 6.45) is 36.3. The van der Waals surface area contributed by atoms with Crippen LogP contribution in [0.5, 0.6) is 0 Å². The topological polar surface area (TPSA) is 46.2 Å². The van der Waals surface area contributed by atoms with Gasteiger partial charge in [-0.15, -0.1) is 0 Å². The number of amides is 1. The van der Waals surface area contributed by atoms with E-state index in [-0.39, 0.29) is 5.41 Å². The Morgan fingerprint density at radius 3 is 2.02 bits per heavy atom. The fourth-order valence-electron chi connectivity index (χ4n) is 12.0. The van der Waals surface area contributed by atoms with E-state index in [1.165, 1.54) is 135 Å². The minimum Gasteiger partial charge on any atom is -0.353 e. The van der Waals surface area contributed by atoms with Crippen LogP contribution in [-0.4, -0.2) is 17.7 Å². The van der Waals surface area contributed by atoms with Crippen molar-refractivity contribution >= 4 is 11.7 Å². The van der Waals surface area contributed by atoms with E-state index in [0.29, 0.717) is 40.9 Å². The van der Waals surface area contributed by atoms with Crippen LogP contribution in [0.25, 0.3) is 0 Å². The lowest BCUT2D eigenvalue weighted by atomic mass is 9.44. The van der Waals surface area contributed by atoms with Gasteiger partial charge in [-0.3, -0.25) is 9.59 Å². The van der Waals surface area contributed by atoms with Crippen LogP contribution in [0.3, 0.4) is 0 Å². The van der Waals surface area contributed by atoms with Crippen molar-refractivity contribution in [2.24, 2.45) is 51.8 Å². The molecule has 9 atom stereocenters. The van der Waals surface area contributed by atoms with Crippen LogP contribution >= 0.6 is 0 Å². The fraction of sp³-hybridized carbons (Fsp3) is 0.913. The molecule has 7 unspecified atom stereocenters. The molecule has 0 saturated heterocycles. The van der Waals surface area contributed by atoms with Crippen molar-refractivity contribution in [2.45, 2.75) is 215 Å². The number of nitrogens with one attached hydrogen (secondary N) is 1. The van der Waals surface area contributed by atoms with E-state index in [9.17, 15) is 9.59 Å². The maximum Gasteiger partial charge on any atom is 0.220 e. The Balaban J connectivity index is 1.11. The van der Waals surface area contributed by atoms with Gasteiger partial charge in [-0.1, -0.05) is 112 Å². The van der Waals surface area contributed by atoms with Crippen LogP contribution in [-0.2, 0) is 9.59 Å². The SMILES string of the molecule is CCCCCCCC/C=C\CCCCCCCC(=O)NC1CC[C@@]2(C)C(CCC3C4CCC(C(C)CCC(=O)C(C)(C)C)[C@@]4(C)CCC32)C1. The molecule has 0 spiro atoms. The zero-order valence-electron chi connectivity index (χ0n) is 33.7. The van der Waals surface area contributed by atoms with Gasteiger partial charge >= 0.3 is 0 Å². The van der Waals surface area contributed by atoms with Gasteiger partial charge in [-0.2, -0.15) is 0 Å². The molecule has 4 aliphatic carbocycles. The molecule has 0 radical (unpaired) electrons. The predicted octanol–water partition coefficient (Wildman–Crippen LogP) is 13.2. The maximum absolute atomic E-state index is 13.0. The third-order valence-electron chi connectivity index (χ3n) is 15.1. The third kappa shape index (κ3) is 10.9. The molecule has 0 aromatic carbocycles. The van der Waals surface area contributed by atoms with Gasteiger partial charge in [0, 0.05) is 24.3 Å². The molecule has 1 amide bonds. The standard InChI is InChI=1S/C46H81NO2/c1-8-9-10-11-12-13-14-15-16-17-18-19-20-21-22-23-43(49)47-37-30-32-45(6)36(34-37)25-26-38-40-28-27-39(46(40,7)33-31-41(38)45)35(2)24-29-42(48)44(3,4)5/h15-16,35-41H,8-14,17-34H2,1-7H3,(H,47,49)/b16-15-/t35?,36?,37?,38?,39?,40?,41?,45-,46+/m0/s1. The van der Waals surface area contributed by atoms with E-state index in [1.807, 2.05) is 0 Å². The van der Waals surface area contributed by atoms with Crippen LogP contribution in [0.15, 0.2) is 12.2 Å². The summed E-state index contributed by atoms with van der Waals surface area (Å²) in [6.45, 7) is 16.3. The third-order valence-corrected chi connectivity index (χ3v) is 15.1. The first-order chi connectivity index (χ1) is 23.4. The average molecular weight is 680 g/mol. The quantitative estimate of drug-likeness (QED) is 0.103. The van der Waals surface area contributed by atoms with Crippen molar-refractivity contribution in [1.29, 1.82) is 0 Å². The van der Waals surface area contributed by atoms with Crippen molar-refractivity contribution in [2.75, 3.05) is 0 Å². The van der Waals surface area contributed by atoms with E-state index >= 15 is 0 Å². The number of rotatable bonds is 20. The van der Waals surface area contributed by atoms with Crippen molar-refractivity contribution < 1.29 is 9.59 Å². The van der Waals surface area contributed by atoms with Crippen molar-refractivity contribution in [1.82, 2.24) is 5.32 Å². The molecule has 49 heavy (non-hydrogen) atoms. The highest BCUT2D eigenvalue weighted by Crippen LogP contribution is 2.68. The second-order valence-electron chi connectivity index (χ2n) is 19.4. The summed E-state index contributed by atoms with van der Waals surface area (Å²) in [6, 6.07) is 0.395. The predicted molar refractivity (Wildman–Crippen MR) is 209 cm³/mol. The van der Waals surface area contributed by atoms with E-state index in [1.54, 1.807) is 0 Å². The molecule has 0 heterocycles. The summed E-state index contributed by atoms with van der Waals surface area (Å²) >= 11 is 0. The number of hydrogen-bond donors (Lipinski definition) is 1. The zero-order valence-corrected chi connectivity index (χ0v) is 33.7. The second-order valence-corrected chi connectivity index (χ2v) is 19.4. The summed E-state index contributed by atoms with van der Waals surface area (Å²) in [7, 11) is 0. The lowest BCUT2D eigenvalue weighted by Crippen LogP contribution is -2.55. The number of carbonyl (C=O) groups is 2. The van der Waals surface area contributed by atoms with Gasteiger partial charge in [0.05, 0.1) is 0 Å². The summed E-state index contributed by atoms with van der Waals surface area (Å²) in [5.74, 6) is 5.58. The maximum atomic E-state index is 13.0. The molecule has 3 heteroatoms. The van der Waals surface area contributed by atoms with Gasteiger partial charge in [-0.05, 0) is 143 Å². The monoisotopic (exact) mass is 680 g/mol. The minimum atomic E-state index is -0.209. The highest BCUT2D eigenvalue weighted by atomic mass is 16.1. The Labute approximate surface area is 304 Å². The molecule has 282 valence electrons. The zero-order chi connectivity index (χ0) is 35.5. The molecular weight excluding hydrogens is 599 g/mol. The summed E-state index contributed by atoms with van der Waals surface area (Å²) in [4.78, 5) is 25.7. The van der Waals surface area contributed by atoms with Gasteiger partial charge < -0.3 is 5.32 Å². The molecule has 4 rings (SSSR count). The van der Waals surface area contributed by atoms with Gasteiger partial charge in [-0.25, -0.2) is 0 Å². The van der Waals surface area contributed by atoms with E-state index in [0.717, 1.165) is 48.9 Å². The van der Waals surface area contributed by atoms with Gasteiger partial charge in [0.1, 0.15) is 5.78 Å². The summed E-state index contributed by atoms with van der Waals surface area (Å²) < 4.78 is 0. The molecule has 0 aromatic heterocycles. The van der Waals surface area contributed by atoms with Gasteiger partial charge in [0.25, 0.3) is 0 Å². The summed E-state index contributed by atoms with van der Waals surface area (Å²) in [5.41, 5.74) is 0.709. The lowest BCUT2D eigenvalue weighted by molar-refractivity contribution is -0.128. The first-order valence-electron chi connectivity index (χ1n) is 21.9. The van der Waals surface area contributed by atoms with Gasteiger partial charge in [0.2, 0.25) is 5.91 Å². The molecule has 4 aliphatic rings. The van der Waals surface area contributed by atoms with Crippen LogP contribution in [0.4, 0.5) is 0 Å². The van der Waals surface area contributed by atoms with E-state index in [4.69, 9.17) is 0 Å². The largest absolute Gasteiger partial charge is 0.353 e. The number of ketones is 1. The van der Waals surface area contributed by atoms with Crippen LogP contribution in [0.2, 0.25) is 0 Å². The minimum absolute atomic E-state index is 0.209. The Bertz CT molecular complexity index is 1040. The first kappa shape index (κ1) is 40.6. The van der Waals surface area contributed by atoms with Crippen molar-refractivity contribution in [3.05, 3.63) is 12.2 Å². The second kappa shape index (κ2) is 19.1. The Hall–Kier alpha value is -1.12. The average Bonchev–Trinajstić information content (AvgIpc) is 3.42. The number of carbonyl (C=O) groups excluding carboxylic acids is 2. The Morgan fingerprint density at radius 2 is 1.35 bits per heavy atom. The van der Waals surface area contributed by atoms with Crippen molar-refractivity contribution in [3.63, 3.8) is 0 Å².